The summed E-state index contributed by atoms with van der Waals surface area (Å²) in [6.07, 6.45) is 17.2. The Morgan fingerprint density at radius 2 is 1.24 bits per heavy atom. The lowest BCUT2D eigenvalue weighted by atomic mass is 9.94. The summed E-state index contributed by atoms with van der Waals surface area (Å²) < 4.78 is 42.2. The highest BCUT2D eigenvalue weighted by Gasteiger charge is 2.16. The fraction of sp³-hybridized carbons (Fsp3) is 0.900. The number of hydrogen-bond donors (Lipinski definition) is 0. The lowest BCUT2D eigenvalue weighted by Gasteiger charge is -2.20. The topological polar surface area (TPSA) is 57.7 Å². The minimum atomic E-state index is -2.67. The zero-order chi connectivity index (χ0) is 31.0. The van der Waals surface area contributed by atoms with Gasteiger partial charge in [-0.15, -0.1) is 12.3 Å². The van der Waals surface area contributed by atoms with Crippen molar-refractivity contribution in [1.82, 2.24) is 9.80 Å². The molecule has 2 saturated heterocycles. The van der Waals surface area contributed by atoms with E-state index in [9.17, 15) is 22.0 Å². The first-order chi connectivity index (χ1) is 17.1. The summed E-state index contributed by atoms with van der Waals surface area (Å²) in [5, 5.41) is 0. The molecule has 0 bridgehead atoms. The maximum absolute atomic E-state index is 11.5. The van der Waals surface area contributed by atoms with Crippen LogP contribution in [0.2, 0.25) is 0 Å². The van der Waals surface area contributed by atoms with Gasteiger partial charge < -0.3 is 9.80 Å². The van der Waals surface area contributed by atoms with Gasteiger partial charge in [-0.05, 0) is 64.6 Å². The average Bonchev–Trinajstić information content (AvgIpc) is 3.47. The smallest absolute Gasteiger partial charge is 0.245 e. The number of nitrogens with zero attached hydrogens (tertiary/aromatic N) is 2. The van der Waals surface area contributed by atoms with Crippen LogP contribution < -0.4 is 0 Å². The molecule has 2 heterocycles. The molecule has 1 aliphatic carbocycles. The third-order valence-corrected chi connectivity index (χ3v) is 5.44. The number of carbonyl (C=O) groups is 1. The molecule has 3 fully saturated rings. The maximum Gasteiger partial charge on any atom is 0.245 e. The average molecular weight is 569 g/mol. The van der Waals surface area contributed by atoms with Crippen LogP contribution in [-0.4, -0.2) is 76.3 Å². The highest BCUT2D eigenvalue weighted by atomic mass is 32.2. The molecule has 0 aromatic rings. The number of sulfone groups is 1. The van der Waals surface area contributed by atoms with Crippen LogP contribution in [0.1, 0.15) is 113 Å². The van der Waals surface area contributed by atoms with Gasteiger partial charge in [0, 0.05) is 38.9 Å². The third-order valence-electron chi connectivity index (χ3n) is 5.44. The number of piperidine rings is 1. The number of rotatable bonds is 1. The Labute approximate surface area is 236 Å². The fourth-order valence-corrected chi connectivity index (χ4v) is 2.00. The van der Waals surface area contributed by atoms with Crippen molar-refractivity contribution >= 4 is 15.7 Å². The molecule has 3 rings (SSSR count). The van der Waals surface area contributed by atoms with Crippen LogP contribution >= 0.6 is 0 Å². The maximum atomic E-state index is 11.5. The van der Waals surface area contributed by atoms with Crippen molar-refractivity contribution in [1.29, 1.82) is 0 Å². The Bertz CT molecular complexity index is 662. The van der Waals surface area contributed by atoms with E-state index in [-0.39, 0.29) is 6.42 Å². The van der Waals surface area contributed by atoms with Gasteiger partial charge in [-0.25, -0.2) is 17.2 Å². The third kappa shape index (κ3) is 59.7. The van der Waals surface area contributed by atoms with E-state index in [4.69, 9.17) is 0 Å². The van der Waals surface area contributed by atoms with E-state index >= 15 is 0 Å². The second-order valence-corrected chi connectivity index (χ2v) is 14.0. The number of carbonyl (C=O) groups excluding carboxylic acids is 1. The van der Waals surface area contributed by atoms with Gasteiger partial charge in [0.15, 0.2) is 0 Å². The second kappa shape index (κ2) is 24.8. The Balaban J connectivity index is -0.000000180. The minimum Gasteiger partial charge on any atom is -0.346 e. The predicted octanol–water partition coefficient (Wildman–Crippen LogP) is 7.55. The first kappa shape index (κ1) is 43.8. The van der Waals surface area contributed by atoms with Gasteiger partial charge >= 0.3 is 0 Å². The molecule has 3 aliphatic rings. The highest BCUT2D eigenvalue weighted by Crippen LogP contribution is 2.26. The molecule has 0 N–H and O–H groups in total. The van der Waals surface area contributed by atoms with Crippen LogP contribution in [0.4, 0.5) is 8.78 Å². The normalized spacial score (nSPS) is 16.9. The van der Waals surface area contributed by atoms with E-state index < -0.39 is 15.8 Å². The molecule has 0 radical (unpaired) electrons. The first-order valence-electron chi connectivity index (χ1n) is 14.0. The molecule has 0 atom stereocenters. The molecule has 38 heavy (non-hydrogen) atoms. The molecule has 0 unspecified atom stereocenters. The van der Waals surface area contributed by atoms with Crippen molar-refractivity contribution in [3.63, 3.8) is 0 Å². The molecule has 5 nitrogen and oxygen atoms in total. The van der Waals surface area contributed by atoms with Crippen LogP contribution in [-0.2, 0) is 14.6 Å². The molecule has 2 aliphatic heterocycles. The Morgan fingerprint density at radius 3 is 1.32 bits per heavy atom. The van der Waals surface area contributed by atoms with Gasteiger partial charge in [0.1, 0.15) is 9.84 Å². The number of terminal acetylenes is 1. The lowest BCUT2D eigenvalue weighted by molar-refractivity contribution is -0.126. The van der Waals surface area contributed by atoms with Gasteiger partial charge in [-0.1, -0.05) is 67.2 Å². The highest BCUT2D eigenvalue weighted by molar-refractivity contribution is 7.89. The molecule has 0 aromatic heterocycles. The number of halogens is 2. The zero-order valence-corrected chi connectivity index (χ0v) is 27.7. The van der Waals surface area contributed by atoms with Crippen LogP contribution in [0, 0.1) is 23.7 Å². The molecule has 8 heteroatoms. The van der Waals surface area contributed by atoms with Crippen molar-refractivity contribution in [2.45, 2.75) is 119 Å². The molecule has 0 aromatic carbocycles. The second-order valence-electron chi connectivity index (χ2n) is 11.7. The fourth-order valence-electron chi connectivity index (χ4n) is 2.00. The van der Waals surface area contributed by atoms with Crippen molar-refractivity contribution in [3.05, 3.63) is 0 Å². The summed E-state index contributed by atoms with van der Waals surface area (Å²) in [7, 11) is 1.37. The first-order valence-corrected chi connectivity index (χ1v) is 16.3. The summed E-state index contributed by atoms with van der Waals surface area (Å²) in [6.45, 7) is 18.8. The SMILES string of the molecule is C#CC.CC1CC1.CCC(C)(C)C.CCC(C)(F)F.CN1CCCC1=O.CN1CCCCC1.CS(C)(=O)=O. The number of amides is 1. The predicted molar refractivity (Wildman–Crippen MR) is 163 cm³/mol. The van der Waals surface area contributed by atoms with Crippen molar-refractivity contribution in [2.24, 2.45) is 11.3 Å². The van der Waals surface area contributed by atoms with Gasteiger partial charge in [-0.3, -0.25) is 4.79 Å². The molecule has 1 amide bonds. The van der Waals surface area contributed by atoms with Crippen molar-refractivity contribution in [2.75, 3.05) is 46.2 Å². The summed E-state index contributed by atoms with van der Waals surface area (Å²) in [4.78, 5) is 14.7. The van der Waals surface area contributed by atoms with E-state index in [0.29, 0.717) is 11.3 Å². The summed E-state index contributed by atoms with van der Waals surface area (Å²) >= 11 is 0. The molecule has 230 valence electrons. The van der Waals surface area contributed by atoms with E-state index in [1.807, 2.05) is 7.05 Å². The van der Waals surface area contributed by atoms with E-state index in [0.717, 1.165) is 44.7 Å². The Hall–Kier alpha value is -1.20. The summed E-state index contributed by atoms with van der Waals surface area (Å²) in [6, 6.07) is 0. The van der Waals surface area contributed by atoms with Gasteiger partial charge in [-0.2, -0.15) is 0 Å². The van der Waals surface area contributed by atoms with Gasteiger partial charge in [0.2, 0.25) is 11.8 Å². The monoisotopic (exact) mass is 568 g/mol. The standard InChI is InChI=1S/C6H13N.C6H14.C5H9NO.C4H8F2.C4H8.C3H4.C2H6O2S/c1-7-5-3-2-4-6-7;1-5-6(2,3)4;1-6-4-2-3-5(6)7;1-3-4(2,5)6;1-4-2-3-4;1-3-2;1-5(2,3)4/h2-6H2,1H3;5H2,1-4H3;2-4H2,1H3;3H2,1-2H3;4H,2-3H2,1H3;1H,2H3;1-2H3. The van der Waals surface area contributed by atoms with Gasteiger partial charge in [0.05, 0.1) is 0 Å². The summed E-state index contributed by atoms with van der Waals surface area (Å²) in [5.41, 5.74) is 0.542. The van der Waals surface area contributed by atoms with Gasteiger partial charge in [0.25, 0.3) is 0 Å². The number of alkyl halides is 2. The minimum absolute atomic E-state index is 0.0625. The lowest BCUT2D eigenvalue weighted by Crippen LogP contribution is -2.24. The number of likely N-dealkylation sites (tertiary alicyclic amines) is 2. The quantitative estimate of drug-likeness (QED) is 0.307. The van der Waals surface area contributed by atoms with E-state index in [1.165, 1.54) is 58.5 Å². The van der Waals surface area contributed by atoms with Crippen LogP contribution in [0.3, 0.4) is 0 Å². The van der Waals surface area contributed by atoms with E-state index in [2.05, 4.69) is 58.9 Å². The summed E-state index contributed by atoms with van der Waals surface area (Å²) in [5.74, 6) is 1.17. The molecule has 0 spiro atoms. The molecule has 1 saturated carbocycles. The largest absolute Gasteiger partial charge is 0.346 e. The zero-order valence-electron chi connectivity index (χ0n) is 26.9. The van der Waals surface area contributed by atoms with Crippen LogP contribution in [0.5, 0.6) is 0 Å². The molecular weight excluding hydrogens is 506 g/mol. The Kier molecular flexibility index (Phi) is 28.6. The van der Waals surface area contributed by atoms with Crippen molar-refractivity contribution < 1.29 is 22.0 Å². The Morgan fingerprint density at radius 1 is 0.921 bits per heavy atom. The van der Waals surface area contributed by atoms with Crippen LogP contribution in [0.25, 0.3) is 0 Å². The number of hydrogen-bond acceptors (Lipinski definition) is 4. The van der Waals surface area contributed by atoms with E-state index in [1.54, 1.807) is 11.8 Å². The molecular formula is C30H62F2N2O3S. The van der Waals surface area contributed by atoms with Crippen molar-refractivity contribution in [3.8, 4) is 12.3 Å². The van der Waals surface area contributed by atoms with Crippen LogP contribution in [0.15, 0.2) is 0 Å².